The molecule has 10 heteroatoms. The highest BCUT2D eigenvalue weighted by Crippen LogP contribution is 2.28. The number of rotatable bonds is 7. The molecule has 200 valence electrons. The summed E-state index contributed by atoms with van der Waals surface area (Å²) in [4.78, 5) is 61.9. The normalized spacial score (nSPS) is 14.8. The Hall–Kier alpha value is -4.89. The number of aromatic carboxylic acids is 1. The van der Waals surface area contributed by atoms with Crippen LogP contribution >= 0.6 is 11.6 Å². The molecule has 1 atom stereocenters. The number of halogens is 1. The number of Topliss-reactive ketones (excluding diaryl/α,β-unsaturated/α-hetero) is 1. The van der Waals surface area contributed by atoms with Crippen molar-refractivity contribution in [3.63, 3.8) is 0 Å². The predicted molar refractivity (Wildman–Crippen MR) is 147 cm³/mol. The lowest BCUT2D eigenvalue weighted by molar-refractivity contribution is -0.122. The third-order valence-electron chi connectivity index (χ3n) is 6.61. The van der Waals surface area contributed by atoms with Crippen molar-refractivity contribution in [1.82, 2.24) is 14.9 Å². The number of ketones is 1. The molecule has 0 saturated heterocycles. The van der Waals surface area contributed by atoms with E-state index in [4.69, 9.17) is 11.6 Å². The van der Waals surface area contributed by atoms with Gasteiger partial charge in [-0.2, -0.15) is 0 Å². The third kappa shape index (κ3) is 5.74. The predicted octanol–water partition coefficient (Wildman–Crippen LogP) is 4.46. The number of fused-ring (bicyclic) bond motifs is 1. The highest BCUT2D eigenvalue weighted by molar-refractivity contribution is 6.30. The van der Waals surface area contributed by atoms with E-state index in [1.165, 1.54) is 29.3 Å². The first kappa shape index (κ1) is 26.7. The lowest BCUT2D eigenvalue weighted by Crippen LogP contribution is -2.45. The molecule has 1 aliphatic heterocycles. The van der Waals surface area contributed by atoms with Crippen LogP contribution in [0.25, 0.3) is 0 Å². The summed E-state index contributed by atoms with van der Waals surface area (Å²) < 4.78 is 0. The molecule has 2 amide bonds. The van der Waals surface area contributed by atoms with Gasteiger partial charge in [0.05, 0.1) is 17.3 Å². The zero-order valence-corrected chi connectivity index (χ0v) is 21.8. The Balaban J connectivity index is 1.52. The Kier molecular flexibility index (Phi) is 7.65. The van der Waals surface area contributed by atoms with Crippen LogP contribution in [-0.2, 0) is 24.2 Å². The Morgan fingerprint density at radius 1 is 0.975 bits per heavy atom. The average Bonchev–Trinajstić information content (AvgIpc) is 3.04. The number of pyridine rings is 2. The fourth-order valence-electron chi connectivity index (χ4n) is 4.68. The molecule has 40 heavy (non-hydrogen) atoms. The van der Waals surface area contributed by atoms with Crippen molar-refractivity contribution in [2.75, 3.05) is 5.32 Å². The number of carbonyl (C=O) groups is 4. The SMILES string of the molecule is O=C(Nc1cc(CN2C(=O)c3ccc(Cl)cc3CC(=O)[C@H]2Cc2ccccn2)ccc1C(=O)O)c1ccccn1. The van der Waals surface area contributed by atoms with Crippen molar-refractivity contribution in [3.8, 4) is 0 Å². The summed E-state index contributed by atoms with van der Waals surface area (Å²) in [6.45, 7) is -0.0174. The number of carboxylic acids is 1. The van der Waals surface area contributed by atoms with E-state index in [9.17, 15) is 24.3 Å². The summed E-state index contributed by atoms with van der Waals surface area (Å²) in [5.41, 5.74) is 2.10. The molecule has 0 bridgehead atoms. The number of carbonyl (C=O) groups excluding carboxylic acids is 3. The fourth-order valence-corrected chi connectivity index (χ4v) is 4.87. The molecule has 3 heterocycles. The van der Waals surface area contributed by atoms with E-state index in [0.29, 0.717) is 27.4 Å². The highest BCUT2D eigenvalue weighted by atomic mass is 35.5. The van der Waals surface area contributed by atoms with E-state index < -0.39 is 17.9 Å². The van der Waals surface area contributed by atoms with Crippen molar-refractivity contribution in [2.45, 2.75) is 25.4 Å². The summed E-state index contributed by atoms with van der Waals surface area (Å²) in [6.07, 6.45) is 3.30. The van der Waals surface area contributed by atoms with Crippen molar-refractivity contribution in [2.24, 2.45) is 0 Å². The van der Waals surface area contributed by atoms with Crippen LogP contribution < -0.4 is 5.32 Å². The smallest absolute Gasteiger partial charge is 0.337 e. The van der Waals surface area contributed by atoms with Gasteiger partial charge in [-0.1, -0.05) is 29.8 Å². The Morgan fingerprint density at radius 3 is 2.45 bits per heavy atom. The lowest BCUT2D eigenvalue weighted by atomic mass is 9.99. The number of nitrogens with zero attached hydrogens (tertiary/aromatic N) is 3. The van der Waals surface area contributed by atoms with Gasteiger partial charge in [-0.25, -0.2) is 4.79 Å². The van der Waals surface area contributed by atoms with E-state index in [0.717, 1.165) is 0 Å². The molecule has 0 fully saturated rings. The van der Waals surface area contributed by atoms with Crippen LogP contribution in [0.5, 0.6) is 0 Å². The summed E-state index contributed by atoms with van der Waals surface area (Å²) in [5.74, 6) is -2.35. The summed E-state index contributed by atoms with van der Waals surface area (Å²) >= 11 is 6.17. The van der Waals surface area contributed by atoms with Gasteiger partial charge in [0, 0.05) is 48.1 Å². The van der Waals surface area contributed by atoms with Crippen molar-refractivity contribution >= 4 is 40.9 Å². The monoisotopic (exact) mass is 554 g/mol. The average molecular weight is 555 g/mol. The Bertz CT molecular complexity index is 1610. The number of aromatic nitrogens is 2. The number of hydrogen-bond donors (Lipinski definition) is 2. The van der Waals surface area contributed by atoms with E-state index >= 15 is 0 Å². The molecule has 4 aromatic rings. The minimum absolute atomic E-state index is 0.0174. The second-order valence-electron chi connectivity index (χ2n) is 9.27. The highest BCUT2D eigenvalue weighted by Gasteiger charge is 2.36. The van der Waals surface area contributed by atoms with Gasteiger partial charge in [-0.05, 0) is 65.7 Å². The first-order valence-electron chi connectivity index (χ1n) is 12.4. The summed E-state index contributed by atoms with van der Waals surface area (Å²) in [5, 5.41) is 12.8. The molecule has 0 radical (unpaired) electrons. The van der Waals surface area contributed by atoms with Crippen LogP contribution in [0.3, 0.4) is 0 Å². The van der Waals surface area contributed by atoms with Crippen molar-refractivity contribution in [1.29, 1.82) is 0 Å². The molecular formula is C30H23ClN4O5. The number of anilines is 1. The number of benzene rings is 2. The quantitative estimate of drug-likeness (QED) is 0.345. The molecule has 1 aliphatic rings. The Morgan fingerprint density at radius 2 is 1.75 bits per heavy atom. The van der Waals surface area contributed by atoms with E-state index in [1.54, 1.807) is 54.7 Å². The molecule has 2 N–H and O–H groups in total. The lowest BCUT2D eigenvalue weighted by Gasteiger charge is -2.29. The van der Waals surface area contributed by atoms with Crippen LogP contribution in [0.15, 0.2) is 85.2 Å². The second-order valence-corrected chi connectivity index (χ2v) is 9.71. The third-order valence-corrected chi connectivity index (χ3v) is 6.85. The molecule has 0 unspecified atom stereocenters. The minimum Gasteiger partial charge on any atom is -0.478 e. The van der Waals surface area contributed by atoms with Crippen molar-refractivity contribution in [3.05, 3.63) is 124 Å². The van der Waals surface area contributed by atoms with Crippen LogP contribution in [0, 0.1) is 0 Å². The fraction of sp³-hybridized carbons (Fsp3) is 0.133. The van der Waals surface area contributed by atoms with E-state index in [-0.39, 0.29) is 48.0 Å². The number of hydrogen-bond acceptors (Lipinski definition) is 6. The molecule has 0 aliphatic carbocycles. The molecule has 9 nitrogen and oxygen atoms in total. The molecule has 0 saturated carbocycles. The molecule has 5 rings (SSSR count). The number of carboxylic acid groups (broad SMARTS) is 1. The Labute approximate surface area is 234 Å². The van der Waals surface area contributed by atoms with Gasteiger partial charge < -0.3 is 15.3 Å². The molecule has 2 aromatic heterocycles. The van der Waals surface area contributed by atoms with Gasteiger partial charge in [0.15, 0.2) is 5.78 Å². The maximum absolute atomic E-state index is 13.9. The first-order chi connectivity index (χ1) is 19.3. The minimum atomic E-state index is -1.23. The topological polar surface area (TPSA) is 130 Å². The summed E-state index contributed by atoms with van der Waals surface area (Å²) in [6, 6.07) is 18.6. The van der Waals surface area contributed by atoms with Gasteiger partial charge in [-0.3, -0.25) is 24.4 Å². The van der Waals surface area contributed by atoms with Gasteiger partial charge in [0.25, 0.3) is 11.8 Å². The standard InChI is InChI=1S/C30H23ClN4O5/c31-20-8-10-22-19(14-20)15-27(36)26(16-21-5-1-3-11-32-21)35(29(22)38)17-18-7-9-23(30(39)40)25(13-18)34-28(37)24-6-2-4-12-33-24/h1-14,26H,15-17H2,(H,34,37)(H,39,40)/t26-/m1/s1. The number of nitrogens with one attached hydrogen (secondary N) is 1. The van der Waals surface area contributed by atoms with E-state index in [1.807, 2.05) is 6.07 Å². The van der Waals surface area contributed by atoms with Crippen LogP contribution in [0.1, 0.15) is 48.0 Å². The number of amides is 2. The second kappa shape index (κ2) is 11.5. The first-order valence-corrected chi connectivity index (χ1v) is 12.8. The van der Waals surface area contributed by atoms with Gasteiger partial charge >= 0.3 is 5.97 Å². The van der Waals surface area contributed by atoms with Gasteiger partial charge in [0.1, 0.15) is 5.69 Å². The zero-order chi connectivity index (χ0) is 28.2. The van der Waals surface area contributed by atoms with Crippen LogP contribution in [0.4, 0.5) is 5.69 Å². The summed E-state index contributed by atoms with van der Waals surface area (Å²) in [7, 11) is 0. The van der Waals surface area contributed by atoms with Gasteiger partial charge in [-0.15, -0.1) is 0 Å². The maximum atomic E-state index is 13.9. The van der Waals surface area contributed by atoms with Crippen molar-refractivity contribution < 1.29 is 24.3 Å². The zero-order valence-electron chi connectivity index (χ0n) is 21.1. The van der Waals surface area contributed by atoms with Crippen LogP contribution in [0.2, 0.25) is 5.02 Å². The molecular weight excluding hydrogens is 532 g/mol. The largest absolute Gasteiger partial charge is 0.478 e. The van der Waals surface area contributed by atoms with Crippen LogP contribution in [-0.4, -0.2) is 49.6 Å². The van der Waals surface area contributed by atoms with E-state index in [2.05, 4.69) is 15.3 Å². The van der Waals surface area contributed by atoms with Gasteiger partial charge in [0.2, 0.25) is 0 Å². The maximum Gasteiger partial charge on any atom is 0.337 e. The molecule has 2 aromatic carbocycles. The molecule has 0 spiro atoms.